The van der Waals surface area contributed by atoms with Gasteiger partial charge in [0.25, 0.3) is 0 Å². The van der Waals surface area contributed by atoms with Crippen LogP contribution in [0.25, 0.3) is 5.78 Å². The summed E-state index contributed by atoms with van der Waals surface area (Å²) in [5, 5.41) is 7.79. The first kappa shape index (κ1) is 13.4. The molecule has 0 aliphatic heterocycles. The van der Waals surface area contributed by atoms with Gasteiger partial charge in [0.2, 0.25) is 10.4 Å². The first-order valence-electron chi connectivity index (χ1n) is 4.43. The molecule has 0 atom stereocenters. The van der Waals surface area contributed by atoms with Gasteiger partial charge in [-0.2, -0.15) is 0 Å². The van der Waals surface area contributed by atoms with E-state index < -0.39 is 10.4 Å². The van der Waals surface area contributed by atoms with Gasteiger partial charge in [0.15, 0.2) is 0 Å². The van der Waals surface area contributed by atoms with Crippen molar-refractivity contribution in [3.8, 4) is 0 Å². The lowest BCUT2D eigenvalue weighted by atomic mass is 10.4. The molecule has 2 aromatic heterocycles. The molecule has 0 bridgehead atoms. The van der Waals surface area contributed by atoms with Crippen molar-refractivity contribution in [2.75, 3.05) is 0 Å². The van der Waals surface area contributed by atoms with E-state index in [1.165, 1.54) is 0 Å². The quantitative estimate of drug-likeness (QED) is 0.350. The zero-order valence-electron chi connectivity index (χ0n) is 9.39. The Balaban J connectivity index is 0.000000249. The number of hydrogen-bond acceptors (Lipinski definition) is 6. The average molecular weight is 261 g/mol. The molecule has 17 heavy (non-hydrogen) atoms. The summed E-state index contributed by atoms with van der Waals surface area (Å²) in [5.74, 6) is 0.771. The summed E-state index contributed by atoms with van der Waals surface area (Å²) in [7, 11) is -3.09. The summed E-state index contributed by atoms with van der Waals surface area (Å²) >= 11 is 0. The molecule has 0 unspecified atom stereocenters. The van der Waals surface area contributed by atoms with E-state index in [4.69, 9.17) is 17.5 Å². The topological polar surface area (TPSA) is 124 Å². The van der Waals surface area contributed by atoms with Crippen LogP contribution in [0.3, 0.4) is 0 Å². The van der Waals surface area contributed by atoms with E-state index in [-0.39, 0.29) is 0 Å². The minimum absolute atomic E-state index is 0.771. The molecule has 0 saturated heterocycles. The largest absolute Gasteiger partial charge is 0.726 e. The SMILES string of the molecule is Cc1cc(C)n2nn[n+](C)c2n1.O=S(=O)([O-])O. The minimum Gasteiger partial charge on any atom is -0.726 e. The molecular weight excluding hydrogens is 250 g/mol. The zero-order chi connectivity index (χ0) is 13.2. The van der Waals surface area contributed by atoms with Crippen molar-refractivity contribution in [2.24, 2.45) is 7.05 Å². The Kier molecular flexibility index (Phi) is 3.70. The second kappa shape index (κ2) is 4.69. The van der Waals surface area contributed by atoms with Gasteiger partial charge in [0, 0.05) is 6.07 Å². The van der Waals surface area contributed by atoms with E-state index in [9.17, 15) is 0 Å². The first-order valence-corrected chi connectivity index (χ1v) is 5.79. The van der Waals surface area contributed by atoms with Gasteiger partial charge < -0.3 is 4.55 Å². The highest BCUT2D eigenvalue weighted by Crippen LogP contribution is 1.99. The highest BCUT2D eigenvalue weighted by atomic mass is 32.3. The molecule has 0 amide bonds. The molecule has 2 heterocycles. The third-order valence-corrected chi connectivity index (χ3v) is 1.77. The van der Waals surface area contributed by atoms with Gasteiger partial charge in [-0.15, -0.1) is 9.67 Å². The summed E-state index contributed by atoms with van der Waals surface area (Å²) in [5.41, 5.74) is 2.03. The first-order chi connectivity index (χ1) is 7.68. The fourth-order valence-corrected chi connectivity index (χ4v) is 1.22. The lowest BCUT2D eigenvalue weighted by Crippen LogP contribution is -2.31. The van der Waals surface area contributed by atoms with E-state index in [0.29, 0.717) is 0 Å². The summed E-state index contributed by atoms with van der Waals surface area (Å²) in [4.78, 5) is 4.30. The lowest BCUT2D eigenvalue weighted by Gasteiger charge is -1.89. The number of tetrazole rings is 1. The summed E-state index contributed by atoms with van der Waals surface area (Å²) in [6.07, 6.45) is 0. The Hall–Kier alpha value is -1.65. The van der Waals surface area contributed by atoms with E-state index in [1.54, 1.807) is 9.20 Å². The summed E-state index contributed by atoms with van der Waals surface area (Å²) < 4.78 is 36.2. The molecule has 9 nitrogen and oxygen atoms in total. The molecule has 2 rings (SSSR count). The van der Waals surface area contributed by atoms with Crippen molar-refractivity contribution in [1.29, 1.82) is 0 Å². The van der Waals surface area contributed by atoms with Crippen molar-refractivity contribution < 1.29 is 22.2 Å². The normalized spacial score (nSPS) is 11.1. The Morgan fingerprint density at radius 3 is 2.53 bits per heavy atom. The molecule has 94 valence electrons. The third-order valence-electron chi connectivity index (χ3n) is 1.77. The van der Waals surface area contributed by atoms with Crippen molar-refractivity contribution in [3.05, 3.63) is 17.5 Å². The van der Waals surface area contributed by atoms with Crippen molar-refractivity contribution in [1.82, 2.24) is 19.9 Å². The Morgan fingerprint density at radius 2 is 2.00 bits per heavy atom. The van der Waals surface area contributed by atoms with Crippen molar-refractivity contribution >= 4 is 16.2 Å². The van der Waals surface area contributed by atoms with E-state index in [2.05, 4.69) is 15.4 Å². The van der Waals surface area contributed by atoms with Crippen LogP contribution >= 0.6 is 0 Å². The van der Waals surface area contributed by atoms with E-state index >= 15 is 0 Å². The molecule has 2 aromatic rings. The fraction of sp³-hybridized carbons (Fsp3) is 0.429. The van der Waals surface area contributed by atoms with Crippen LogP contribution in [-0.4, -0.2) is 37.4 Å². The lowest BCUT2D eigenvalue weighted by molar-refractivity contribution is -0.709. The van der Waals surface area contributed by atoms with Crippen LogP contribution in [0.1, 0.15) is 11.4 Å². The van der Waals surface area contributed by atoms with Gasteiger partial charge in [-0.25, -0.2) is 8.42 Å². The molecule has 0 saturated carbocycles. The minimum atomic E-state index is -4.92. The second-order valence-electron chi connectivity index (χ2n) is 3.28. The van der Waals surface area contributed by atoms with Crippen LogP contribution in [0.15, 0.2) is 6.07 Å². The smallest absolute Gasteiger partial charge is 0.407 e. The Morgan fingerprint density at radius 1 is 1.47 bits per heavy atom. The summed E-state index contributed by atoms with van der Waals surface area (Å²) in [6.45, 7) is 3.94. The molecule has 0 radical (unpaired) electrons. The van der Waals surface area contributed by atoms with Crippen LogP contribution in [-0.2, 0) is 17.4 Å². The molecule has 0 aromatic carbocycles. The highest BCUT2D eigenvalue weighted by molar-refractivity contribution is 7.79. The monoisotopic (exact) mass is 261 g/mol. The van der Waals surface area contributed by atoms with Gasteiger partial charge >= 0.3 is 5.78 Å². The second-order valence-corrected chi connectivity index (χ2v) is 4.14. The Bertz CT molecular complexity index is 627. The molecule has 0 aliphatic carbocycles. The molecule has 0 aliphatic rings. The summed E-state index contributed by atoms with van der Waals surface area (Å²) in [6, 6.07) is 1.97. The maximum Gasteiger partial charge on any atom is 0.407 e. The number of rotatable bonds is 0. The zero-order valence-corrected chi connectivity index (χ0v) is 10.2. The molecular formula is C7H11N5O4S. The van der Waals surface area contributed by atoms with Gasteiger partial charge in [-0.3, -0.25) is 4.55 Å². The predicted molar refractivity (Wildman–Crippen MR) is 53.8 cm³/mol. The molecule has 0 fully saturated rings. The third kappa shape index (κ3) is 4.01. The van der Waals surface area contributed by atoms with Gasteiger partial charge in [0.1, 0.15) is 16.6 Å². The number of aromatic nitrogens is 5. The van der Waals surface area contributed by atoms with Crippen LogP contribution in [0, 0.1) is 13.8 Å². The van der Waals surface area contributed by atoms with Gasteiger partial charge in [-0.1, -0.05) is 4.52 Å². The van der Waals surface area contributed by atoms with Gasteiger partial charge in [-0.05, 0) is 13.8 Å². The van der Waals surface area contributed by atoms with Crippen molar-refractivity contribution in [3.63, 3.8) is 0 Å². The molecule has 0 spiro atoms. The molecule has 1 N–H and O–H groups in total. The van der Waals surface area contributed by atoms with E-state index in [0.717, 1.165) is 17.2 Å². The van der Waals surface area contributed by atoms with Crippen LogP contribution in [0.4, 0.5) is 0 Å². The maximum absolute atomic E-state index is 8.63. The molecule has 10 heteroatoms. The Labute approximate surface area is 97.3 Å². The standard InChI is InChI=1S/C7H10N5.H2O4S/c1-5-4-6(2)12-7(8-5)11(3)9-10-12;1-5(2,3)4/h4H,1-3H3;(H2,1,2,3,4)/q+1;/p-1. The number of aryl methyl sites for hydroxylation is 3. The van der Waals surface area contributed by atoms with Crippen LogP contribution in [0.2, 0.25) is 0 Å². The maximum atomic E-state index is 8.63. The predicted octanol–water partition coefficient (Wildman–Crippen LogP) is -1.43. The number of hydrogen-bond donors (Lipinski definition) is 1. The van der Waals surface area contributed by atoms with Crippen LogP contribution in [0.5, 0.6) is 0 Å². The number of fused-ring (bicyclic) bond motifs is 1. The number of nitrogens with zero attached hydrogens (tertiary/aromatic N) is 5. The van der Waals surface area contributed by atoms with E-state index in [1.807, 2.05) is 27.0 Å². The highest BCUT2D eigenvalue weighted by Gasteiger charge is 2.13. The van der Waals surface area contributed by atoms with Crippen LogP contribution < -0.4 is 4.68 Å². The average Bonchev–Trinajstić information content (AvgIpc) is 2.45. The fourth-order valence-electron chi connectivity index (χ4n) is 1.22. The van der Waals surface area contributed by atoms with Crippen molar-refractivity contribution in [2.45, 2.75) is 13.8 Å². The van der Waals surface area contributed by atoms with Gasteiger partial charge in [0.05, 0.1) is 12.3 Å².